The van der Waals surface area contributed by atoms with E-state index in [1.165, 1.54) is 0 Å². The van der Waals surface area contributed by atoms with Crippen molar-refractivity contribution in [1.29, 1.82) is 0 Å². The molecule has 0 saturated carbocycles. The maximum Gasteiger partial charge on any atom is 0.191 e. The van der Waals surface area contributed by atoms with Crippen LogP contribution in [0.3, 0.4) is 0 Å². The number of hydrogen-bond acceptors (Lipinski definition) is 5. The highest BCUT2D eigenvalue weighted by atomic mass is 127. The largest absolute Gasteiger partial charge is 0.487 e. The van der Waals surface area contributed by atoms with Crippen molar-refractivity contribution in [2.45, 2.75) is 51.5 Å². The molecule has 30 heavy (non-hydrogen) atoms. The van der Waals surface area contributed by atoms with Crippen molar-refractivity contribution in [3.05, 3.63) is 40.9 Å². The second-order valence-electron chi connectivity index (χ2n) is 6.97. The summed E-state index contributed by atoms with van der Waals surface area (Å²) in [7, 11) is 3.42. The standard InChI is InChI=1S/C20H29ClN6O2.HI/c1-4-15(29-17-8-6-5-7-16(17)21)11-23-20(22-2)24-14-9-10-19-25-18(13-28-3)26-27(19)12-14;/h5-8,14-15H,4,9-13H2,1-3H3,(H2,22,23,24);1H. The van der Waals surface area contributed by atoms with E-state index in [1.54, 1.807) is 14.2 Å². The minimum absolute atomic E-state index is 0. The van der Waals surface area contributed by atoms with Crippen molar-refractivity contribution in [2.75, 3.05) is 20.7 Å². The minimum Gasteiger partial charge on any atom is -0.487 e. The number of para-hydroxylation sites is 1. The van der Waals surface area contributed by atoms with Gasteiger partial charge < -0.3 is 20.1 Å². The fourth-order valence-corrected chi connectivity index (χ4v) is 3.44. The molecule has 2 N–H and O–H groups in total. The number of nitrogens with zero attached hydrogens (tertiary/aromatic N) is 4. The van der Waals surface area contributed by atoms with Crippen LogP contribution in [0.4, 0.5) is 0 Å². The molecule has 10 heteroatoms. The third kappa shape index (κ3) is 6.71. The monoisotopic (exact) mass is 548 g/mol. The van der Waals surface area contributed by atoms with Gasteiger partial charge in [-0.1, -0.05) is 30.7 Å². The molecule has 1 aliphatic heterocycles. The highest BCUT2D eigenvalue weighted by Crippen LogP contribution is 2.24. The molecular formula is C20H30ClIN6O2. The number of nitrogens with one attached hydrogen (secondary N) is 2. The van der Waals surface area contributed by atoms with Crippen molar-refractivity contribution in [3.8, 4) is 5.75 Å². The fraction of sp³-hybridized carbons (Fsp3) is 0.550. The van der Waals surface area contributed by atoms with Crippen LogP contribution in [-0.2, 0) is 24.3 Å². The topological polar surface area (TPSA) is 85.6 Å². The number of fused-ring (bicyclic) bond motifs is 1. The number of hydrogen-bond donors (Lipinski definition) is 2. The van der Waals surface area contributed by atoms with Gasteiger partial charge in [0.15, 0.2) is 11.8 Å². The van der Waals surface area contributed by atoms with Gasteiger partial charge in [0, 0.05) is 26.6 Å². The number of aromatic nitrogens is 3. The highest BCUT2D eigenvalue weighted by molar-refractivity contribution is 14.0. The van der Waals surface area contributed by atoms with E-state index in [2.05, 4.69) is 32.6 Å². The SMILES string of the molecule is CCC(CNC(=NC)NC1CCc2nc(COC)nn2C1)Oc1ccccc1Cl.I. The van der Waals surface area contributed by atoms with Crippen LogP contribution in [0.25, 0.3) is 0 Å². The molecule has 166 valence electrons. The van der Waals surface area contributed by atoms with Gasteiger partial charge in [-0.15, -0.1) is 24.0 Å². The summed E-state index contributed by atoms with van der Waals surface area (Å²) < 4.78 is 13.1. The highest BCUT2D eigenvalue weighted by Gasteiger charge is 2.22. The van der Waals surface area contributed by atoms with Crippen LogP contribution >= 0.6 is 35.6 Å². The number of aryl methyl sites for hydroxylation is 1. The summed E-state index contributed by atoms with van der Waals surface area (Å²) in [6, 6.07) is 7.75. The average Bonchev–Trinajstić information content (AvgIpc) is 3.13. The lowest BCUT2D eigenvalue weighted by Crippen LogP contribution is -2.49. The van der Waals surface area contributed by atoms with E-state index >= 15 is 0 Å². The van der Waals surface area contributed by atoms with Crippen LogP contribution in [0.15, 0.2) is 29.3 Å². The normalized spacial score (nSPS) is 16.9. The second kappa shape index (κ2) is 12.3. The molecule has 0 saturated heterocycles. The maximum absolute atomic E-state index is 6.20. The summed E-state index contributed by atoms with van der Waals surface area (Å²) in [5.74, 6) is 3.19. The number of ether oxygens (including phenoxy) is 2. The first-order valence-electron chi connectivity index (χ1n) is 9.92. The smallest absolute Gasteiger partial charge is 0.191 e. The van der Waals surface area contributed by atoms with Crippen molar-refractivity contribution in [2.24, 2.45) is 4.99 Å². The van der Waals surface area contributed by atoms with Gasteiger partial charge in [0.1, 0.15) is 24.3 Å². The Morgan fingerprint density at radius 3 is 2.90 bits per heavy atom. The number of methoxy groups -OCH3 is 1. The zero-order valence-electron chi connectivity index (χ0n) is 17.6. The van der Waals surface area contributed by atoms with E-state index in [4.69, 9.17) is 21.1 Å². The molecule has 2 atom stereocenters. The molecule has 0 amide bonds. The molecule has 0 spiro atoms. The van der Waals surface area contributed by atoms with Crippen LogP contribution < -0.4 is 15.4 Å². The van der Waals surface area contributed by atoms with Gasteiger partial charge in [-0.3, -0.25) is 4.99 Å². The lowest BCUT2D eigenvalue weighted by molar-refractivity contribution is 0.177. The van der Waals surface area contributed by atoms with Crippen LogP contribution in [0.2, 0.25) is 5.02 Å². The Balaban J connectivity index is 0.00000320. The first-order valence-corrected chi connectivity index (χ1v) is 10.3. The molecule has 0 aliphatic carbocycles. The van der Waals surface area contributed by atoms with Crippen LogP contribution in [0.1, 0.15) is 31.4 Å². The predicted octanol–water partition coefficient (Wildman–Crippen LogP) is 3.03. The summed E-state index contributed by atoms with van der Waals surface area (Å²) in [6.45, 7) is 3.90. The molecule has 2 heterocycles. The predicted molar refractivity (Wildman–Crippen MR) is 129 cm³/mol. The zero-order chi connectivity index (χ0) is 20.6. The molecule has 2 aromatic rings. The minimum atomic E-state index is -0.0154. The molecule has 1 aromatic carbocycles. The van der Waals surface area contributed by atoms with E-state index in [9.17, 15) is 0 Å². The molecule has 2 unspecified atom stereocenters. The number of rotatable bonds is 8. The first-order chi connectivity index (χ1) is 14.1. The van der Waals surface area contributed by atoms with E-state index in [0.29, 0.717) is 23.9 Å². The second-order valence-corrected chi connectivity index (χ2v) is 7.38. The molecular weight excluding hydrogens is 519 g/mol. The van der Waals surface area contributed by atoms with Gasteiger partial charge in [0.2, 0.25) is 0 Å². The summed E-state index contributed by atoms with van der Waals surface area (Å²) in [6.07, 6.45) is 2.68. The third-order valence-corrected chi connectivity index (χ3v) is 5.13. The lowest BCUT2D eigenvalue weighted by Gasteiger charge is -2.26. The Kier molecular flexibility index (Phi) is 10.1. The number of aliphatic imine (C=N–C) groups is 1. The zero-order valence-corrected chi connectivity index (χ0v) is 20.7. The van der Waals surface area contributed by atoms with Crippen LogP contribution in [-0.4, -0.2) is 53.6 Å². The molecule has 1 aromatic heterocycles. The maximum atomic E-state index is 6.20. The van der Waals surface area contributed by atoms with Crippen molar-refractivity contribution in [3.63, 3.8) is 0 Å². The molecule has 0 bridgehead atoms. The van der Waals surface area contributed by atoms with Crippen molar-refractivity contribution < 1.29 is 9.47 Å². The van der Waals surface area contributed by atoms with Crippen LogP contribution in [0.5, 0.6) is 5.75 Å². The average molecular weight is 549 g/mol. The van der Waals surface area contributed by atoms with Gasteiger partial charge in [-0.2, -0.15) is 5.10 Å². The Hall–Kier alpha value is -1.59. The lowest BCUT2D eigenvalue weighted by atomic mass is 10.1. The van der Waals surface area contributed by atoms with E-state index in [1.807, 2.05) is 28.9 Å². The van der Waals surface area contributed by atoms with Gasteiger partial charge in [0.05, 0.1) is 18.1 Å². The van der Waals surface area contributed by atoms with Crippen molar-refractivity contribution in [1.82, 2.24) is 25.4 Å². The van der Waals surface area contributed by atoms with Crippen LogP contribution in [0, 0.1) is 0 Å². The summed E-state index contributed by atoms with van der Waals surface area (Å²) in [5.41, 5.74) is 0. The third-order valence-electron chi connectivity index (χ3n) is 4.82. The Morgan fingerprint density at radius 1 is 1.40 bits per heavy atom. The van der Waals surface area contributed by atoms with Gasteiger partial charge in [-0.05, 0) is 25.0 Å². The molecule has 3 rings (SSSR count). The van der Waals surface area contributed by atoms with E-state index in [0.717, 1.165) is 43.4 Å². The molecule has 0 radical (unpaired) electrons. The summed E-state index contributed by atoms with van der Waals surface area (Å²) in [4.78, 5) is 8.87. The molecule has 8 nitrogen and oxygen atoms in total. The number of guanidine groups is 1. The first kappa shape index (κ1) is 24.7. The fourth-order valence-electron chi connectivity index (χ4n) is 3.26. The van der Waals surface area contributed by atoms with Gasteiger partial charge in [-0.25, -0.2) is 9.67 Å². The molecule has 0 fully saturated rings. The van der Waals surface area contributed by atoms with Gasteiger partial charge in [0.25, 0.3) is 0 Å². The number of benzene rings is 1. The Labute approximate surface area is 199 Å². The quantitative estimate of drug-likeness (QED) is 0.300. The van der Waals surface area contributed by atoms with Gasteiger partial charge >= 0.3 is 0 Å². The van der Waals surface area contributed by atoms with Crippen molar-refractivity contribution >= 4 is 41.5 Å². The molecule has 1 aliphatic rings. The summed E-state index contributed by atoms with van der Waals surface area (Å²) in [5, 5.41) is 12.0. The summed E-state index contributed by atoms with van der Waals surface area (Å²) >= 11 is 6.20. The number of halogens is 2. The van der Waals surface area contributed by atoms with E-state index in [-0.39, 0.29) is 36.1 Å². The van der Waals surface area contributed by atoms with E-state index < -0.39 is 0 Å². The Morgan fingerprint density at radius 2 is 2.20 bits per heavy atom. The Bertz CT molecular complexity index is 831.